The molecule has 2 aromatic heterocycles. The highest BCUT2D eigenvalue weighted by Crippen LogP contribution is 2.27. The van der Waals surface area contributed by atoms with Crippen molar-refractivity contribution in [3.8, 4) is 17.1 Å². The number of hydrogen-bond acceptors (Lipinski definition) is 6. The number of carboxylic acids is 1. The van der Waals surface area contributed by atoms with Crippen LogP contribution in [0.25, 0.3) is 11.3 Å². The number of ether oxygens (including phenoxy) is 1. The smallest absolute Gasteiger partial charge is 0.338 e. The van der Waals surface area contributed by atoms with Crippen molar-refractivity contribution < 1.29 is 23.4 Å². The van der Waals surface area contributed by atoms with E-state index < -0.39 is 11.8 Å². The Morgan fingerprint density at radius 1 is 1.18 bits per heavy atom. The van der Waals surface area contributed by atoms with E-state index in [1.807, 2.05) is 19.1 Å². The van der Waals surface area contributed by atoms with E-state index in [2.05, 4.69) is 14.9 Å². The van der Waals surface area contributed by atoms with E-state index in [4.69, 9.17) is 14.3 Å². The summed E-state index contributed by atoms with van der Waals surface area (Å²) in [6, 6.07) is 6.62. The van der Waals surface area contributed by atoms with Crippen LogP contribution in [0.1, 0.15) is 47.4 Å². The summed E-state index contributed by atoms with van der Waals surface area (Å²) in [4.78, 5) is 22.3. The summed E-state index contributed by atoms with van der Waals surface area (Å²) in [5, 5.41) is 9.00. The van der Waals surface area contributed by atoms with Crippen molar-refractivity contribution in [2.45, 2.75) is 39.5 Å². The molecule has 33 heavy (non-hydrogen) atoms. The number of halogens is 1. The molecule has 0 unspecified atom stereocenters. The molecule has 0 radical (unpaired) electrons. The summed E-state index contributed by atoms with van der Waals surface area (Å²) in [6.07, 6.45) is 7.61. The molecule has 0 amide bonds. The summed E-state index contributed by atoms with van der Waals surface area (Å²) >= 11 is 0. The second-order valence-corrected chi connectivity index (χ2v) is 8.46. The Morgan fingerprint density at radius 3 is 2.55 bits per heavy atom. The molecule has 3 aromatic rings. The lowest BCUT2D eigenvalue weighted by Crippen LogP contribution is -2.34. The van der Waals surface area contributed by atoms with Gasteiger partial charge in [0.25, 0.3) is 0 Å². The Kier molecular flexibility index (Phi) is 6.91. The minimum absolute atomic E-state index is 0.233. The number of carbonyl (C=O) groups is 1. The fourth-order valence-electron chi connectivity index (χ4n) is 4.17. The van der Waals surface area contributed by atoms with Gasteiger partial charge in [-0.3, -0.25) is 0 Å². The van der Waals surface area contributed by atoms with Crippen molar-refractivity contribution in [1.82, 2.24) is 9.97 Å². The molecule has 1 aromatic carbocycles. The van der Waals surface area contributed by atoms with Gasteiger partial charge in [-0.25, -0.2) is 19.2 Å². The zero-order chi connectivity index (χ0) is 23.4. The molecule has 1 fully saturated rings. The maximum absolute atomic E-state index is 14.1. The molecular weight excluding hydrogens is 425 g/mol. The lowest BCUT2D eigenvalue weighted by molar-refractivity contribution is 0.0691. The highest BCUT2D eigenvalue weighted by atomic mass is 19.1. The standard InChI is InChI=1S/C25H28FN3O4/c1-16-5-7-22(33-16)19-14-27-25(28-15-19)29-11-9-18(10-12-29)4-3-13-32-21-8-6-20(24(30)31)23(26)17(21)2/h5-8,14-15,18H,3-4,9-13H2,1-2H3,(H,30,31). The third kappa shape index (κ3) is 5.32. The molecule has 4 rings (SSSR count). The molecule has 1 N–H and O–H groups in total. The number of rotatable bonds is 8. The van der Waals surface area contributed by atoms with Crippen LogP contribution in [0.2, 0.25) is 0 Å². The van der Waals surface area contributed by atoms with Gasteiger partial charge in [-0.15, -0.1) is 0 Å². The molecule has 7 nitrogen and oxygen atoms in total. The van der Waals surface area contributed by atoms with Gasteiger partial charge >= 0.3 is 5.97 Å². The van der Waals surface area contributed by atoms with E-state index in [9.17, 15) is 9.18 Å². The molecule has 1 saturated heterocycles. The van der Waals surface area contributed by atoms with Gasteiger partial charge in [0.2, 0.25) is 5.95 Å². The Hall–Kier alpha value is -3.42. The predicted molar refractivity (Wildman–Crippen MR) is 122 cm³/mol. The van der Waals surface area contributed by atoms with Crippen LogP contribution in [0.15, 0.2) is 41.1 Å². The summed E-state index contributed by atoms with van der Waals surface area (Å²) < 4.78 is 25.5. The number of piperidine rings is 1. The number of benzene rings is 1. The van der Waals surface area contributed by atoms with Gasteiger partial charge in [0, 0.05) is 31.0 Å². The van der Waals surface area contributed by atoms with E-state index in [0.717, 1.165) is 61.8 Å². The van der Waals surface area contributed by atoms with Crippen molar-refractivity contribution >= 4 is 11.9 Å². The summed E-state index contributed by atoms with van der Waals surface area (Å²) in [7, 11) is 0. The first-order valence-corrected chi connectivity index (χ1v) is 11.2. The van der Waals surface area contributed by atoms with Crippen molar-refractivity contribution in [2.24, 2.45) is 5.92 Å². The fourth-order valence-corrected chi connectivity index (χ4v) is 4.17. The number of hydrogen-bond donors (Lipinski definition) is 1. The van der Waals surface area contributed by atoms with Crippen LogP contribution >= 0.6 is 0 Å². The number of carboxylic acid groups (broad SMARTS) is 1. The maximum atomic E-state index is 14.1. The zero-order valence-corrected chi connectivity index (χ0v) is 18.9. The highest BCUT2D eigenvalue weighted by Gasteiger charge is 2.21. The van der Waals surface area contributed by atoms with Gasteiger partial charge in [0.05, 0.1) is 17.7 Å². The van der Waals surface area contributed by atoms with E-state index in [-0.39, 0.29) is 11.1 Å². The molecule has 0 saturated carbocycles. The quantitative estimate of drug-likeness (QED) is 0.465. The van der Waals surface area contributed by atoms with Gasteiger partial charge in [-0.05, 0) is 69.7 Å². The van der Waals surface area contributed by atoms with Crippen LogP contribution < -0.4 is 9.64 Å². The number of anilines is 1. The molecule has 3 heterocycles. The molecule has 0 atom stereocenters. The molecule has 8 heteroatoms. The molecule has 1 aliphatic rings. The lowest BCUT2D eigenvalue weighted by Gasteiger charge is -2.32. The van der Waals surface area contributed by atoms with Gasteiger partial charge < -0.3 is 19.2 Å². The average molecular weight is 454 g/mol. The first-order chi connectivity index (χ1) is 15.9. The normalized spacial score (nSPS) is 14.5. The zero-order valence-electron chi connectivity index (χ0n) is 18.9. The van der Waals surface area contributed by atoms with Crippen LogP contribution in [0.4, 0.5) is 10.3 Å². The molecular formula is C25H28FN3O4. The minimum Gasteiger partial charge on any atom is -0.493 e. The third-order valence-corrected chi connectivity index (χ3v) is 6.14. The highest BCUT2D eigenvalue weighted by molar-refractivity contribution is 5.88. The van der Waals surface area contributed by atoms with E-state index >= 15 is 0 Å². The van der Waals surface area contributed by atoms with Crippen LogP contribution in [0.5, 0.6) is 5.75 Å². The summed E-state index contributed by atoms with van der Waals surface area (Å²) in [6.45, 7) is 5.74. The van der Waals surface area contributed by atoms with Gasteiger partial charge in [0.15, 0.2) is 0 Å². The Morgan fingerprint density at radius 2 is 1.91 bits per heavy atom. The van der Waals surface area contributed by atoms with E-state index in [1.54, 1.807) is 12.4 Å². The number of aromatic nitrogens is 2. The van der Waals surface area contributed by atoms with Crippen molar-refractivity contribution in [3.63, 3.8) is 0 Å². The Labute approximate surface area is 192 Å². The molecule has 0 bridgehead atoms. The minimum atomic E-state index is -1.28. The molecule has 0 spiro atoms. The summed E-state index contributed by atoms with van der Waals surface area (Å²) in [5.41, 5.74) is 0.771. The van der Waals surface area contributed by atoms with Crippen LogP contribution in [0.3, 0.4) is 0 Å². The van der Waals surface area contributed by atoms with Crippen LogP contribution in [-0.4, -0.2) is 40.7 Å². The van der Waals surface area contributed by atoms with Crippen molar-refractivity contribution in [2.75, 3.05) is 24.6 Å². The topological polar surface area (TPSA) is 88.7 Å². The van der Waals surface area contributed by atoms with Crippen LogP contribution in [-0.2, 0) is 0 Å². The van der Waals surface area contributed by atoms with E-state index in [0.29, 0.717) is 18.3 Å². The van der Waals surface area contributed by atoms with Gasteiger partial charge in [0.1, 0.15) is 23.1 Å². The van der Waals surface area contributed by atoms with Gasteiger partial charge in [-0.1, -0.05) is 0 Å². The SMILES string of the molecule is Cc1ccc(-c2cnc(N3CCC(CCCOc4ccc(C(=O)O)c(F)c4C)CC3)nc2)o1. The summed E-state index contributed by atoms with van der Waals surface area (Å²) in [5.74, 6) is 1.37. The average Bonchev–Trinajstić information content (AvgIpc) is 3.26. The van der Waals surface area contributed by atoms with Crippen molar-refractivity contribution in [1.29, 1.82) is 0 Å². The Balaban J connectivity index is 1.21. The molecule has 0 aliphatic carbocycles. The molecule has 174 valence electrons. The largest absolute Gasteiger partial charge is 0.493 e. The number of aryl methyl sites for hydroxylation is 1. The number of nitrogens with zero attached hydrogens (tertiary/aromatic N) is 3. The second kappa shape index (κ2) is 10.0. The van der Waals surface area contributed by atoms with E-state index in [1.165, 1.54) is 19.1 Å². The number of furan rings is 1. The lowest BCUT2D eigenvalue weighted by atomic mass is 9.92. The van der Waals surface area contributed by atoms with Crippen LogP contribution in [0, 0.1) is 25.6 Å². The first-order valence-electron chi connectivity index (χ1n) is 11.2. The predicted octanol–water partition coefficient (Wildman–Crippen LogP) is 5.27. The molecule has 1 aliphatic heterocycles. The number of aromatic carboxylic acids is 1. The Bertz CT molecular complexity index is 1110. The van der Waals surface area contributed by atoms with Crippen molar-refractivity contribution in [3.05, 3.63) is 59.4 Å². The first kappa shape index (κ1) is 22.8. The second-order valence-electron chi connectivity index (χ2n) is 8.46. The fraction of sp³-hybridized carbons (Fsp3) is 0.400. The maximum Gasteiger partial charge on any atom is 0.338 e. The van der Waals surface area contributed by atoms with Gasteiger partial charge in [-0.2, -0.15) is 0 Å². The monoisotopic (exact) mass is 453 g/mol. The third-order valence-electron chi connectivity index (χ3n) is 6.14.